The first-order valence-electron chi connectivity index (χ1n) is 3.46. The highest BCUT2D eigenvalue weighted by molar-refractivity contribution is 14.1. The highest BCUT2D eigenvalue weighted by atomic mass is 127. The van der Waals surface area contributed by atoms with Gasteiger partial charge in [-0.1, -0.05) is 0 Å². The van der Waals surface area contributed by atoms with E-state index in [1.165, 1.54) is 0 Å². The van der Waals surface area contributed by atoms with Crippen LogP contribution in [0.3, 0.4) is 0 Å². The van der Waals surface area contributed by atoms with Gasteiger partial charge >= 0.3 is 0 Å². The third-order valence-electron chi connectivity index (χ3n) is 1.30. The number of benzene rings is 1. The number of phenols is 1. The zero-order chi connectivity index (χ0) is 9.14. The third kappa shape index (κ3) is 2.38. The van der Waals surface area contributed by atoms with Crippen LogP contribution in [0.4, 0.5) is 0 Å². The summed E-state index contributed by atoms with van der Waals surface area (Å²) in [5.41, 5.74) is 0. The van der Waals surface area contributed by atoms with E-state index < -0.39 is 0 Å². The zero-order valence-electron chi connectivity index (χ0n) is 6.47. The molecule has 1 aromatic carbocycles. The third-order valence-corrected chi connectivity index (χ3v) is 2.95. The van der Waals surface area contributed by atoms with Crippen LogP contribution in [0.5, 0.6) is 11.5 Å². The summed E-state index contributed by atoms with van der Waals surface area (Å²) in [6.45, 7) is 2.59. The fourth-order valence-corrected chi connectivity index (χ4v) is 2.50. The minimum atomic E-state index is 0.333. The molecule has 66 valence electrons. The molecule has 0 heterocycles. The van der Waals surface area contributed by atoms with Crippen molar-refractivity contribution in [2.45, 2.75) is 6.92 Å². The molecule has 2 nitrogen and oxygen atoms in total. The molecule has 0 amide bonds. The van der Waals surface area contributed by atoms with E-state index in [2.05, 4.69) is 45.2 Å². The number of aromatic hydroxyl groups is 1. The molecule has 0 saturated heterocycles. The first-order valence-corrected chi connectivity index (χ1v) is 5.61. The fraction of sp³-hybridized carbons (Fsp3) is 0.250. The molecule has 1 rings (SSSR count). The lowest BCUT2D eigenvalue weighted by molar-refractivity contribution is 0.338. The molecule has 1 N–H and O–H groups in total. The molecule has 0 unspecified atom stereocenters. The van der Waals surface area contributed by atoms with Gasteiger partial charge in [0.2, 0.25) is 0 Å². The Morgan fingerprint density at radius 3 is 2.25 bits per heavy atom. The van der Waals surface area contributed by atoms with Gasteiger partial charge in [0.25, 0.3) is 0 Å². The van der Waals surface area contributed by atoms with Crippen LogP contribution in [-0.2, 0) is 0 Å². The van der Waals surface area contributed by atoms with Crippen molar-refractivity contribution in [3.63, 3.8) is 0 Å². The van der Waals surface area contributed by atoms with Crippen molar-refractivity contribution in [1.29, 1.82) is 0 Å². The van der Waals surface area contributed by atoms with Gasteiger partial charge in [0.1, 0.15) is 11.5 Å². The van der Waals surface area contributed by atoms with Crippen molar-refractivity contribution in [3.8, 4) is 11.5 Å². The molecular formula is C8H8I2O2. The maximum absolute atomic E-state index is 9.43. The van der Waals surface area contributed by atoms with Gasteiger partial charge in [0.15, 0.2) is 0 Å². The van der Waals surface area contributed by atoms with Crippen LogP contribution in [0.25, 0.3) is 0 Å². The van der Waals surface area contributed by atoms with E-state index in [0.717, 1.165) is 12.9 Å². The highest BCUT2D eigenvalue weighted by Gasteiger charge is 2.05. The Kier molecular flexibility index (Phi) is 3.88. The molecule has 0 aromatic heterocycles. The summed E-state index contributed by atoms with van der Waals surface area (Å²) < 4.78 is 6.95. The summed E-state index contributed by atoms with van der Waals surface area (Å²) >= 11 is 4.16. The lowest BCUT2D eigenvalue weighted by Crippen LogP contribution is -1.92. The first-order chi connectivity index (χ1) is 5.65. The van der Waals surface area contributed by atoms with Crippen molar-refractivity contribution in [2.24, 2.45) is 0 Å². The molecule has 1 aromatic rings. The van der Waals surface area contributed by atoms with Crippen LogP contribution >= 0.6 is 45.2 Å². The van der Waals surface area contributed by atoms with E-state index in [0.29, 0.717) is 12.4 Å². The number of halogens is 2. The summed E-state index contributed by atoms with van der Waals surface area (Å²) in [7, 11) is 0. The predicted molar refractivity (Wildman–Crippen MR) is 64.7 cm³/mol. The van der Waals surface area contributed by atoms with E-state index in [9.17, 15) is 5.11 Å². The maximum Gasteiger partial charge on any atom is 0.142 e. The topological polar surface area (TPSA) is 29.5 Å². The Labute approximate surface area is 98.6 Å². The second-order valence-electron chi connectivity index (χ2n) is 2.17. The minimum Gasteiger partial charge on any atom is -0.506 e. The van der Waals surface area contributed by atoms with Crippen molar-refractivity contribution in [2.75, 3.05) is 6.61 Å². The van der Waals surface area contributed by atoms with Crippen LogP contribution in [0.15, 0.2) is 12.1 Å². The molecule has 0 aliphatic rings. The zero-order valence-corrected chi connectivity index (χ0v) is 10.8. The van der Waals surface area contributed by atoms with Crippen molar-refractivity contribution < 1.29 is 9.84 Å². The molecule has 0 spiro atoms. The average Bonchev–Trinajstić information content (AvgIpc) is 2.01. The second-order valence-corrected chi connectivity index (χ2v) is 4.49. The monoisotopic (exact) mass is 390 g/mol. The average molecular weight is 390 g/mol. The Hall–Kier alpha value is 0.280. The molecule has 0 radical (unpaired) electrons. The predicted octanol–water partition coefficient (Wildman–Crippen LogP) is 3.00. The summed E-state index contributed by atoms with van der Waals surface area (Å²) in [5.74, 6) is 1.14. The Morgan fingerprint density at radius 2 is 1.83 bits per heavy atom. The van der Waals surface area contributed by atoms with E-state index in [4.69, 9.17) is 4.74 Å². The lowest BCUT2D eigenvalue weighted by Gasteiger charge is -2.06. The molecule has 0 aliphatic carbocycles. The SMILES string of the molecule is CCOc1cc(I)c(O)c(I)c1. The molecular weight excluding hydrogens is 382 g/mol. The second kappa shape index (κ2) is 4.50. The number of hydrogen-bond acceptors (Lipinski definition) is 2. The van der Waals surface area contributed by atoms with Gasteiger partial charge in [-0.25, -0.2) is 0 Å². The van der Waals surface area contributed by atoms with Crippen LogP contribution in [0.2, 0.25) is 0 Å². The maximum atomic E-state index is 9.43. The Morgan fingerprint density at radius 1 is 1.33 bits per heavy atom. The van der Waals surface area contributed by atoms with E-state index >= 15 is 0 Å². The quantitative estimate of drug-likeness (QED) is 0.788. The largest absolute Gasteiger partial charge is 0.506 e. The minimum absolute atomic E-state index is 0.333. The Bertz CT molecular complexity index is 263. The van der Waals surface area contributed by atoms with Gasteiger partial charge in [-0.2, -0.15) is 0 Å². The van der Waals surface area contributed by atoms with Crippen molar-refractivity contribution in [3.05, 3.63) is 19.3 Å². The lowest BCUT2D eigenvalue weighted by atomic mass is 10.3. The van der Waals surface area contributed by atoms with Crippen LogP contribution in [-0.4, -0.2) is 11.7 Å². The van der Waals surface area contributed by atoms with Crippen molar-refractivity contribution >= 4 is 45.2 Å². The number of rotatable bonds is 2. The van der Waals surface area contributed by atoms with Crippen LogP contribution in [0, 0.1) is 7.14 Å². The van der Waals surface area contributed by atoms with Gasteiger partial charge in [-0.05, 0) is 64.2 Å². The summed E-state index contributed by atoms with van der Waals surface area (Å²) in [6, 6.07) is 3.64. The number of ether oxygens (including phenoxy) is 1. The van der Waals surface area contributed by atoms with Crippen LogP contribution < -0.4 is 4.74 Å². The number of hydrogen-bond donors (Lipinski definition) is 1. The molecule has 12 heavy (non-hydrogen) atoms. The summed E-state index contributed by atoms with van der Waals surface area (Å²) in [5, 5.41) is 9.43. The molecule has 4 heteroatoms. The summed E-state index contributed by atoms with van der Waals surface area (Å²) in [4.78, 5) is 0. The van der Waals surface area contributed by atoms with Gasteiger partial charge in [-0.3, -0.25) is 0 Å². The van der Waals surface area contributed by atoms with E-state index in [1.54, 1.807) is 0 Å². The van der Waals surface area contributed by atoms with Gasteiger partial charge in [0.05, 0.1) is 13.7 Å². The smallest absolute Gasteiger partial charge is 0.142 e. The summed E-state index contributed by atoms with van der Waals surface area (Å²) in [6.07, 6.45) is 0. The highest BCUT2D eigenvalue weighted by Crippen LogP contribution is 2.30. The van der Waals surface area contributed by atoms with Crippen LogP contribution in [0.1, 0.15) is 6.92 Å². The fourth-order valence-electron chi connectivity index (χ4n) is 0.792. The molecule has 0 bridgehead atoms. The van der Waals surface area contributed by atoms with Gasteiger partial charge < -0.3 is 9.84 Å². The Balaban J connectivity index is 3.04. The number of phenolic OH excluding ortho intramolecular Hbond substituents is 1. The van der Waals surface area contributed by atoms with E-state index in [1.807, 2.05) is 19.1 Å². The molecule has 0 fully saturated rings. The molecule has 0 aliphatic heterocycles. The van der Waals surface area contributed by atoms with Gasteiger partial charge in [-0.15, -0.1) is 0 Å². The molecule has 0 atom stereocenters. The molecule has 0 saturated carbocycles. The first kappa shape index (κ1) is 10.4. The standard InChI is InChI=1S/C8H8I2O2/c1-2-12-5-3-6(9)8(11)7(10)4-5/h3-4,11H,2H2,1H3. The van der Waals surface area contributed by atoms with Gasteiger partial charge in [0, 0.05) is 0 Å². The van der Waals surface area contributed by atoms with E-state index in [-0.39, 0.29) is 0 Å². The van der Waals surface area contributed by atoms with Crippen molar-refractivity contribution in [1.82, 2.24) is 0 Å². The normalized spacial score (nSPS) is 9.92.